The molecular weight excluding hydrogens is 619 g/mol. The van der Waals surface area contributed by atoms with Crippen LogP contribution < -0.4 is 4.90 Å². The normalized spacial score (nSPS) is 17.9. The third-order valence-electron chi connectivity index (χ3n) is 11.6. The highest BCUT2D eigenvalue weighted by Crippen LogP contribution is 2.67. The number of rotatable bonds is 4. The summed E-state index contributed by atoms with van der Waals surface area (Å²) in [6.07, 6.45) is 2.16. The fourth-order valence-corrected chi connectivity index (χ4v) is 9.50. The highest BCUT2D eigenvalue weighted by Gasteiger charge is 2.55. The average molecular weight is 652 g/mol. The Morgan fingerprint density at radius 1 is 0.529 bits per heavy atom. The predicted molar refractivity (Wildman–Crippen MR) is 208 cm³/mol. The van der Waals surface area contributed by atoms with Crippen molar-refractivity contribution in [2.45, 2.75) is 24.2 Å². The van der Waals surface area contributed by atoms with Crippen LogP contribution in [0.25, 0.3) is 44.4 Å². The van der Waals surface area contributed by atoms with Gasteiger partial charge in [0.25, 0.3) is 0 Å². The molecule has 1 aliphatic heterocycles. The third-order valence-corrected chi connectivity index (χ3v) is 11.6. The molecule has 0 saturated heterocycles. The molecule has 2 unspecified atom stereocenters. The quantitative estimate of drug-likeness (QED) is 0.190. The fraction of sp³-hybridized carbons (Fsp3) is 0.0833. The molecule has 0 radical (unpaired) electrons. The van der Waals surface area contributed by atoms with Crippen LogP contribution in [-0.4, -0.2) is 9.97 Å². The van der Waals surface area contributed by atoms with Gasteiger partial charge in [0.15, 0.2) is 0 Å². The summed E-state index contributed by atoms with van der Waals surface area (Å²) in [5.41, 5.74) is 17.1. The summed E-state index contributed by atoms with van der Waals surface area (Å²) < 4.78 is 0. The lowest BCUT2D eigenvalue weighted by atomic mass is 9.50. The zero-order chi connectivity index (χ0) is 33.5. The van der Waals surface area contributed by atoms with Crippen LogP contribution in [0.4, 0.5) is 17.3 Å². The third kappa shape index (κ3) is 4.00. The summed E-state index contributed by atoms with van der Waals surface area (Å²) in [6, 6.07) is 61.7. The van der Waals surface area contributed by atoms with Crippen molar-refractivity contribution in [3.8, 4) is 33.5 Å². The Labute approximate surface area is 297 Å². The lowest BCUT2D eigenvalue weighted by molar-refractivity contribution is 0.426. The molecule has 7 aromatic carbocycles. The van der Waals surface area contributed by atoms with E-state index in [0.717, 1.165) is 40.7 Å². The largest absolute Gasteiger partial charge is 0.278 e. The first-order chi connectivity index (χ1) is 25.3. The van der Waals surface area contributed by atoms with E-state index in [2.05, 4.69) is 175 Å². The molecule has 3 nitrogen and oxygen atoms in total. The number of benzene rings is 7. The number of fused-ring (bicyclic) bond motifs is 3. The Kier molecular flexibility index (Phi) is 6.06. The summed E-state index contributed by atoms with van der Waals surface area (Å²) in [7, 11) is 0. The summed E-state index contributed by atoms with van der Waals surface area (Å²) >= 11 is 0. The van der Waals surface area contributed by atoms with Gasteiger partial charge in [0.05, 0.1) is 22.6 Å². The Morgan fingerprint density at radius 2 is 1.20 bits per heavy atom. The van der Waals surface area contributed by atoms with Crippen molar-refractivity contribution in [3.63, 3.8) is 0 Å². The Hall–Kier alpha value is -6.32. The minimum absolute atomic E-state index is 0.309. The van der Waals surface area contributed by atoms with Crippen molar-refractivity contribution in [2.24, 2.45) is 0 Å². The standard InChI is InChI=1S/C48H33N3/c1-4-14-31(15-5-1)34-24-26-42-40(30-34)48-29-28-37(36-20-10-12-22-39(36)48)44-35(32-16-6-2-7-17-32)25-27-43(45(44)48)51(42)47-49-41-23-13-11-21-38(41)46(50-47)33-18-8-3-9-19-33/h1-27,30,37H,28-29H2. The molecule has 240 valence electrons. The minimum atomic E-state index is -0.309. The molecular formula is C48H33N3. The van der Waals surface area contributed by atoms with Gasteiger partial charge in [0.1, 0.15) is 0 Å². The lowest BCUT2D eigenvalue weighted by Gasteiger charge is -2.55. The van der Waals surface area contributed by atoms with Crippen molar-refractivity contribution >= 4 is 28.2 Å². The van der Waals surface area contributed by atoms with Gasteiger partial charge in [0.2, 0.25) is 5.95 Å². The zero-order valence-corrected chi connectivity index (χ0v) is 28.0. The second kappa shape index (κ2) is 10.8. The zero-order valence-electron chi connectivity index (χ0n) is 28.0. The van der Waals surface area contributed by atoms with E-state index in [1.165, 1.54) is 55.8 Å². The van der Waals surface area contributed by atoms with Crippen LogP contribution in [-0.2, 0) is 5.41 Å². The highest BCUT2D eigenvalue weighted by atomic mass is 15.3. The average Bonchev–Trinajstić information content (AvgIpc) is 3.22. The Bertz CT molecular complexity index is 2650. The predicted octanol–water partition coefficient (Wildman–Crippen LogP) is 12.0. The second-order valence-corrected chi connectivity index (χ2v) is 14.1. The molecule has 3 heteroatoms. The van der Waals surface area contributed by atoms with Gasteiger partial charge in [-0.15, -0.1) is 0 Å². The van der Waals surface area contributed by atoms with Crippen LogP contribution in [0.2, 0.25) is 0 Å². The van der Waals surface area contributed by atoms with Crippen molar-refractivity contribution in [2.75, 3.05) is 4.90 Å². The molecule has 0 fully saturated rings. The molecule has 12 rings (SSSR count). The number of anilines is 3. The minimum Gasteiger partial charge on any atom is -0.278 e. The maximum Gasteiger partial charge on any atom is 0.235 e. The van der Waals surface area contributed by atoms with Crippen molar-refractivity contribution in [1.29, 1.82) is 0 Å². The summed E-state index contributed by atoms with van der Waals surface area (Å²) in [5.74, 6) is 1.01. The Balaban J connectivity index is 1.27. The van der Waals surface area contributed by atoms with E-state index in [-0.39, 0.29) is 5.41 Å². The molecule has 51 heavy (non-hydrogen) atoms. The molecule has 0 N–H and O–H groups in total. The van der Waals surface area contributed by atoms with Crippen LogP contribution in [0.3, 0.4) is 0 Å². The highest BCUT2D eigenvalue weighted by molar-refractivity contribution is 5.97. The van der Waals surface area contributed by atoms with Crippen molar-refractivity contribution < 1.29 is 0 Å². The molecule has 1 spiro atoms. The molecule has 0 saturated carbocycles. The smallest absolute Gasteiger partial charge is 0.235 e. The Morgan fingerprint density at radius 3 is 2.00 bits per heavy atom. The van der Waals surface area contributed by atoms with Crippen LogP contribution in [0.15, 0.2) is 170 Å². The van der Waals surface area contributed by atoms with Crippen molar-refractivity contribution in [1.82, 2.24) is 9.97 Å². The number of para-hydroxylation sites is 1. The molecule has 2 atom stereocenters. The van der Waals surface area contributed by atoms with E-state index in [9.17, 15) is 0 Å². The molecule has 3 aliphatic carbocycles. The summed E-state index contributed by atoms with van der Waals surface area (Å²) in [5, 5.41) is 1.05. The number of hydrogen-bond acceptors (Lipinski definition) is 3. The maximum atomic E-state index is 5.47. The van der Waals surface area contributed by atoms with Gasteiger partial charge < -0.3 is 0 Å². The second-order valence-electron chi connectivity index (χ2n) is 14.1. The number of nitrogens with zero attached hydrogens (tertiary/aromatic N) is 3. The van der Waals surface area contributed by atoms with Crippen LogP contribution in [0.5, 0.6) is 0 Å². The topological polar surface area (TPSA) is 29.0 Å². The molecule has 2 bridgehead atoms. The molecule has 4 aliphatic rings. The first-order valence-corrected chi connectivity index (χ1v) is 17.9. The van der Waals surface area contributed by atoms with E-state index in [4.69, 9.17) is 9.97 Å². The molecule has 2 heterocycles. The van der Waals surface area contributed by atoms with Crippen LogP contribution >= 0.6 is 0 Å². The first-order valence-electron chi connectivity index (χ1n) is 17.9. The maximum absolute atomic E-state index is 5.47. The van der Waals surface area contributed by atoms with Crippen molar-refractivity contribution in [3.05, 3.63) is 198 Å². The number of hydrogen-bond donors (Lipinski definition) is 0. The van der Waals surface area contributed by atoms with Gasteiger partial charge in [-0.05, 0) is 87.2 Å². The molecule has 1 aromatic heterocycles. The lowest BCUT2D eigenvalue weighted by Crippen LogP contribution is -2.45. The first kappa shape index (κ1) is 28.5. The van der Waals surface area contributed by atoms with Gasteiger partial charge in [0, 0.05) is 22.3 Å². The summed E-state index contributed by atoms with van der Waals surface area (Å²) in [4.78, 5) is 13.2. The SMILES string of the molecule is c1ccc(-c2ccc3c(c2)C24CCC(c5ccccc52)c2c(-c5ccccc5)ccc(c24)N3c2nc(-c3ccccc3)c3ccccc3n2)cc1. The van der Waals surface area contributed by atoms with Crippen LogP contribution in [0.1, 0.15) is 46.6 Å². The van der Waals surface area contributed by atoms with E-state index in [0.29, 0.717) is 11.9 Å². The van der Waals surface area contributed by atoms with E-state index >= 15 is 0 Å². The van der Waals surface area contributed by atoms with Gasteiger partial charge in [-0.3, -0.25) is 4.90 Å². The van der Waals surface area contributed by atoms with E-state index in [1.807, 2.05) is 0 Å². The monoisotopic (exact) mass is 651 g/mol. The van der Waals surface area contributed by atoms with Gasteiger partial charge in [-0.1, -0.05) is 146 Å². The van der Waals surface area contributed by atoms with Gasteiger partial charge in [-0.25, -0.2) is 9.97 Å². The molecule has 0 amide bonds. The number of aromatic nitrogens is 2. The van der Waals surface area contributed by atoms with Gasteiger partial charge in [-0.2, -0.15) is 0 Å². The van der Waals surface area contributed by atoms with Gasteiger partial charge >= 0.3 is 0 Å². The van der Waals surface area contributed by atoms with Crippen LogP contribution in [0, 0.1) is 0 Å². The van der Waals surface area contributed by atoms with E-state index in [1.54, 1.807) is 0 Å². The molecule has 8 aromatic rings. The fourth-order valence-electron chi connectivity index (χ4n) is 9.50. The van der Waals surface area contributed by atoms with E-state index < -0.39 is 0 Å². The summed E-state index contributed by atoms with van der Waals surface area (Å²) in [6.45, 7) is 0.